The number of hydrogen-bond acceptors (Lipinski definition) is 2. The average molecular weight is 311 g/mol. The number of hydrogen-bond donors (Lipinski definition) is 0. The van der Waals surface area contributed by atoms with Gasteiger partial charge in [0.1, 0.15) is 5.75 Å². The van der Waals surface area contributed by atoms with Crippen LogP contribution in [0.5, 0.6) is 5.75 Å². The number of carbonyl (C=O) groups excluding carboxylic acids is 1. The third-order valence-corrected chi connectivity index (χ3v) is 4.18. The molecule has 0 bridgehead atoms. The van der Waals surface area contributed by atoms with Crippen LogP contribution in [0.4, 0.5) is 0 Å². The first-order valence-electron chi connectivity index (χ1n) is 8.13. The molecule has 1 atom stereocenters. The molecule has 1 amide bonds. The van der Waals surface area contributed by atoms with Crippen molar-refractivity contribution < 1.29 is 9.53 Å². The molecule has 0 aromatic heterocycles. The lowest BCUT2D eigenvalue weighted by Crippen LogP contribution is -2.33. The summed E-state index contributed by atoms with van der Waals surface area (Å²) in [6.07, 6.45) is 1.31. The van der Waals surface area contributed by atoms with Crippen LogP contribution in [0, 0.1) is 0 Å². The van der Waals surface area contributed by atoms with E-state index in [0.29, 0.717) is 13.0 Å². The van der Waals surface area contributed by atoms with Crippen molar-refractivity contribution in [3.8, 4) is 5.75 Å². The second kappa shape index (κ2) is 8.37. The quantitative estimate of drug-likeness (QED) is 0.765. The summed E-state index contributed by atoms with van der Waals surface area (Å²) in [7, 11) is 1.66. The van der Waals surface area contributed by atoms with Gasteiger partial charge in [0.05, 0.1) is 13.2 Å². The molecule has 122 valence electrons. The number of rotatable bonds is 7. The first-order chi connectivity index (χ1) is 11.2. The van der Waals surface area contributed by atoms with E-state index in [2.05, 4.69) is 19.1 Å². The largest absolute Gasteiger partial charge is 0.497 e. The van der Waals surface area contributed by atoms with Crippen LogP contribution in [0.2, 0.25) is 0 Å². The van der Waals surface area contributed by atoms with E-state index in [0.717, 1.165) is 17.7 Å². The molecule has 3 heteroatoms. The lowest BCUT2D eigenvalue weighted by atomic mass is 10.0. The molecule has 0 aliphatic carbocycles. The summed E-state index contributed by atoms with van der Waals surface area (Å²) >= 11 is 0. The van der Waals surface area contributed by atoms with Gasteiger partial charge in [-0.25, -0.2) is 0 Å². The molecule has 0 aliphatic heterocycles. The summed E-state index contributed by atoms with van der Waals surface area (Å²) in [6, 6.07) is 18.1. The molecule has 0 aliphatic rings. The van der Waals surface area contributed by atoms with Gasteiger partial charge >= 0.3 is 0 Å². The van der Waals surface area contributed by atoms with Crippen molar-refractivity contribution in [3.63, 3.8) is 0 Å². The maximum absolute atomic E-state index is 12.6. The summed E-state index contributed by atoms with van der Waals surface area (Å²) in [5.41, 5.74) is 2.30. The Hall–Kier alpha value is -2.29. The molecule has 0 radical (unpaired) electrons. The fraction of sp³-hybridized carbons (Fsp3) is 0.350. The Bertz CT molecular complexity index is 625. The van der Waals surface area contributed by atoms with Gasteiger partial charge in [0.25, 0.3) is 0 Å². The smallest absolute Gasteiger partial charge is 0.223 e. The number of ether oxygens (including phenoxy) is 1. The van der Waals surface area contributed by atoms with Crippen LogP contribution in [-0.4, -0.2) is 24.5 Å². The third kappa shape index (κ3) is 4.59. The van der Waals surface area contributed by atoms with Crippen LogP contribution in [0.15, 0.2) is 54.6 Å². The number of methoxy groups -OCH3 is 1. The van der Waals surface area contributed by atoms with Gasteiger partial charge in [-0.05, 0) is 43.5 Å². The summed E-state index contributed by atoms with van der Waals surface area (Å²) < 4.78 is 5.28. The van der Waals surface area contributed by atoms with Crippen molar-refractivity contribution in [2.75, 3.05) is 13.7 Å². The zero-order valence-corrected chi connectivity index (χ0v) is 14.2. The number of aryl methyl sites for hydroxylation is 1. The summed E-state index contributed by atoms with van der Waals surface area (Å²) in [5.74, 6) is 1.01. The van der Waals surface area contributed by atoms with Gasteiger partial charge in [-0.2, -0.15) is 0 Å². The molecule has 2 aromatic carbocycles. The van der Waals surface area contributed by atoms with E-state index in [1.807, 2.05) is 54.3 Å². The predicted molar refractivity (Wildman–Crippen MR) is 93.6 cm³/mol. The van der Waals surface area contributed by atoms with E-state index in [-0.39, 0.29) is 11.9 Å². The molecule has 1 unspecified atom stereocenters. The lowest BCUT2D eigenvalue weighted by molar-refractivity contribution is -0.133. The molecular weight excluding hydrogens is 286 g/mol. The Labute approximate surface area is 138 Å². The fourth-order valence-corrected chi connectivity index (χ4v) is 2.79. The van der Waals surface area contributed by atoms with Crippen molar-refractivity contribution in [1.82, 2.24) is 4.90 Å². The van der Waals surface area contributed by atoms with Crippen LogP contribution in [0.3, 0.4) is 0 Å². The van der Waals surface area contributed by atoms with Crippen molar-refractivity contribution in [2.45, 2.75) is 32.7 Å². The van der Waals surface area contributed by atoms with Crippen LogP contribution in [0.25, 0.3) is 0 Å². The van der Waals surface area contributed by atoms with Crippen LogP contribution < -0.4 is 4.74 Å². The number of carbonyl (C=O) groups is 1. The fourth-order valence-electron chi connectivity index (χ4n) is 2.79. The Morgan fingerprint density at radius 3 is 2.52 bits per heavy atom. The van der Waals surface area contributed by atoms with Crippen molar-refractivity contribution in [1.29, 1.82) is 0 Å². The zero-order valence-electron chi connectivity index (χ0n) is 14.2. The molecule has 0 saturated carbocycles. The minimum absolute atomic E-state index is 0.0402. The first-order valence-corrected chi connectivity index (χ1v) is 8.13. The second-order valence-electron chi connectivity index (χ2n) is 5.62. The van der Waals surface area contributed by atoms with E-state index < -0.39 is 0 Å². The van der Waals surface area contributed by atoms with Gasteiger partial charge in [0, 0.05) is 13.0 Å². The van der Waals surface area contributed by atoms with Gasteiger partial charge in [0.2, 0.25) is 5.91 Å². The highest BCUT2D eigenvalue weighted by atomic mass is 16.5. The molecule has 0 spiro atoms. The van der Waals surface area contributed by atoms with Gasteiger partial charge in [-0.3, -0.25) is 4.79 Å². The minimum atomic E-state index is 0.0402. The topological polar surface area (TPSA) is 29.5 Å². The van der Waals surface area contributed by atoms with Crippen LogP contribution in [0.1, 0.15) is 37.4 Å². The third-order valence-electron chi connectivity index (χ3n) is 4.18. The SMILES string of the molecule is CCN(C(=O)CCc1ccccc1)C(C)c1cccc(OC)c1. The molecule has 2 aromatic rings. The molecule has 0 N–H and O–H groups in total. The Balaban J connectivity index is 2.03. The summed E-state index contributed by atoms with van der Waals surface area (Å²) in [5, 5.41) is 0. The van der Waals surface area contributed by atoms with E-state index in [4.69, 9.17) is 4.74 Å². The monoisotopic (exact) mass is 311 g/mol. The van der Waals surface area contributed by atoms with E-state index in [1.54, 1.807) is 7.11 Å². The van der Waals surface area contributed by atoms with Crippen molar-refractivity contribution in [2.24, 2.45) is 0 Å². The maximum Gasteiger partial charge on any atom is 0.223 e. The van der Waals surface area contributed by atoms with Gasteiger partial charge in [0.15, 0.2) is 0 Å². The van der Waals surface area contributed by atoms with Crippen molar-refractivity contribution in [3.05, 3.63) is 65.7 Å². The highest BCUT2D eigenvalue weighted by Gasteiger charge is 2.20. The number of amides is 1. The van der Waals surface area contributed by atoms with Crippen molar-refractivity contribution >= 4 is 5.91 Å². The molecule has 2 rings (SSSR count). The standard InChI is InChI=1S/C20H25NO2/c1-4-21(16(2)18-11-8-12-19(15-18)23-3)20(22)14-13-17-9-6-5-7-10-17/h5-12,15-16H,4,13-14H2,1-3H3. The van der Waals surface area contributed by atoms with E-state index >= 15 is 0 Å². The van der Waals surface area contributed by atoms with Crippen LogP contribution in [-0.2, 0) is 11.2 Å². The molecular formula is C20H25NO2. The summed E-state index contributed by atoms with van der Waals surface area (Å²) in [4.78, 5) is 14.5. The average Bonchev–Trinajstić information content (AvgIpc) is 2.61. The van der Waals surface area contributed by atoms with Crippen LogP contribution >= 0.6 is 0 Å². The molecule has 23 heavy (non-hydrogen) atoms. The number of benzene rings is 2. The predicted octanol–water partition coefficient (Wildman–Crippen LogP) is 4.24. The molecule has 0 fully saturated rings. The molecule has 0 saturated heterocycles. The normalized spacial score (nSPS) is 11.8. The van der Waals surface area contributed by atoms with E-state index in [1.165, 1.54) is 5.56 Å². The Kier molecular flexibility index (Phi) is 6.21. The number of nitrogens with zero attached hydrogens (tertiary/aromatic N) is 1. The first kappa shape index (κ1) is 17.1. The van der Waals surface area contributed by atoms with Gasteiger partial charge < -0.3 is 9.64 Å². The maximum atomic E-state index is 12.6. The van der Waals surface area contributed by atoms with Gasteiger partial charge in [-0.1, -0.05) is 42.5 Å². The summed E-state index contributed by atoms with van der Waals surface area (Å²) in [6.45, 7) is 4.79. The van der Waals surface area contributed by atoms with Gasteiger partial charge in [-0.15, -0.1) is 0 Å². The molecule has 0 heterocycles. The minimum Gasteiger partial charge on any atom is -0.497 e. The Morgan fingerprint density at radius 2 is 1.87 bits per heavy atom. The highest BCUT2D eigenvalue weighted by Crippen LogP contribution is 2.24. The lowest BCUT2D eigenvalue weighted by Gasteiger charge is -2.29. The highest BCUT2D eigenvalue weighted by molar-refractivity contribution is 5.77. The molecule has 3 nitrogen and oxygen atoms in total. The Morgan fingerprint density at radius 1 is 1.13 bits per heavy atom. The van der Waals surface area contributed by atoms with E-state index in [9.17, 15) is 4.79 Å². The zero-order chi connectivity index (χ0) is 16.7. The second-order valence-corrected chi connectivity index (χ2v) is 5.62.